The van der Waals surface area contributed by atoms with Crippen molar-refractivity contribution < 1.29 is 0 Å². The van der Waals surface area contributed by atoms with E-state index < -0.39 is 0 Å². The van der Waals surface area contributed by atoms with E-state index in [1.807, 2.05) is 24.5 Å². The molecule has 0 aliphatic heterocycles. The second-order valence-corrected chi connectivity index (χ2v) is 13.1. The quantitative estimate of drug-likeness (QED) is 0.194. The van der Waals surface area contributed by atoms with E-state index in [2.05, 4.69) is 143 Å². The molecule has 0 fully saturated rings. The monoisotopic (exact) mass is 630 g/mol. The molecule has 0 bridgehead atoms. The molecular formula is C43H26N4S. The van der Waals surface area contributed by atoms with Crippen molar-refractivity contribution in [1.82, 2.24) is 19.5 Å². The second kappa shape index (κ2) is 10.7. The summed E-state index contributed by atoms with van der Waals surface area (Å²) < 4.78 is 4.69. The fourth-order valence-electron chi connectivity index (χ4n) is 7.09. The van der Waals surface area contributed by atoms with Crippen LogP contribution in [0.25, 0.3) is 92.3 Å². The van der Waals surface area contributed by atoms with Crippen LogP contribution in [0.15, 0.2) is 158 Å². The van der Waals surface area contributed by atoms with E-state index in [4.69, 9.17) is 9.97 Å². The molecule has 0 atom stereocenters. The molecule has 4 heterocycles. The van der Waals surface area contributed by atoms with E-state index in [0.29, 0.717) is 5.82 Å². The molecule has 10 rings (SSSR count). The van der Waals surface area contributed by atoms with Crippen LogP contribution in [0.4, 0.5) is 0 Å². The van der Waals surface area contributed by atoms with Crippen LogP contribution in [0.5, 0.6) is 0 Å². The fraction of sp³-hybridized carbons (Fsp3) is 0. The summed E-state index contributed by atoms with van der Waals surface area (Å²) in [6.07, 6.45) is 3.85. The van der Waals surface area contributed by atoms with E-state index >= 15 is 0 Å². The number of para-hydroxylation sites is 2. The Morgan fingerprint density at radius 2 is 1.23 bits per heavy atom. The number of rotatable bonds is 4. The van der Waals surface area contributed by atoms with E-state index in [1.54, 1.807) is 11.3 Å². The van der Waals surface area contributed by atoms with Crippen LogP contribution in [-0.2, 0) is 0 Å². The predicted molar refractivity (Wildman–Crippen MR) is 201 cm³/mol. The minimum absolute atomic E-state index is 0.714. The molecule has 224 valence electrons. The first-order valence-electron chi connectivity index (χ1n) is 16.0. The van der Waals surface area contributed by atoms with Gasteiger partial charge < -0.3 is 4.57 Å². The Balaban J connectivity index is 1.29. The number of thiophene rings is 1. The first-order valence-corrected chi connectivity index (χ1v) is 16.8. The van der Waals surface area contributed by atoms with Crippen molar-refractivity contribution in [3.8, 4) is 39.5 Å². The van der Waals surface area contributed by atoms with Gasteiger partial charge in [0.15, 0.2) is 5.82 Å². The fourth-order valence-corrected chi connectivity index (χ4v) is 8.25. The van der Waals surface area contributed by atoms with Crippen molar-refractivity contribution in [3.63, 3.8) is 0 Å². The summed E-state index contributed by atoms with van der Waals surface area (Å²) in [5, 5.41) is 5.84. The molecule has 0 radical (unpaired) electrons. The highest BCUT2D eigenvalue weighted by atomic mass is 32.1. The van der Waals surface area contributed by atoms with E-state index in [1.165, 1.54) is 32.7 Å². The first kappa shape index (κ1) is 27.0. The van der Waals surface area contributed by atoms with Crippen LogP contribution >= 0.6 is 11.3 Å². The topological polar surface area (TPSA) is 43.6 Å². The third-order valence-corrected chi connectivity index (χ3v) is 10.5. The van der Waals surface area contributed by atoms with Crippen molar-refractivity contribution in [2.75, 3.05) is 0 Å². The van der Waals surface area contributed by atoms with Gasteiger partial charge in [-0.25, -0.2) is 9.97 Å². The molecule has 0 amide bonds. The summed E-state index contributed by atoms with van der Waals surface area (Å²) >= 11 is 1.75. The summed E-state index contributed by atoms with van der Waals surface area (Å²) in [5.41, 5.74) is 9.75. The Kier molecular flexibility index (Phi) is 6.01. The minimum atomic E-state index is 0.714. The number of pyridine rings is 1. The summed E-state index contributed by atoms with van der Waals surface area (Å²) in [6.45, 7) is 0. The van der Waals surface area contributed by atoms with Gasteiger partial charge in [0.25, 0.3) is 0 Å². The summed E-state index contributed by atoms with van der Waals surface area (Å²) in [5.74, 6) is 0.714. The number of aromatic nitrogens is 4. The van der Waals surface area contributed by atoms with E-state index in [0.717, 1.165) is 53.8 Å². The molecule has 4 aromatic heterocycles. The Morgan fingerprint density at radius 1 is 0.500 bits per heavy atom. The maximum Gasteiger partial charge on any atom is 0.161 e. The number of nitrogens with zero attached hydrogens (tertiary/aromatic N) is 4. The number of hydrogen-bond acceptors (Lipinski definition) is 4. The molecule has 5 heteroatoms. The van der Waals surface area contributed by atoms with Gasteiger partial charge in [-0.05, 0) is 53.6 Å². The zero-order chi connectivity index (χ0) is 31.6. The molecule has 48 heavy (non-hydrogen) atoms. The maximum absolute atomic E-state index is 5.32. The summed E-state index contributed by atoms with van der Waals surface area (Å²) in [7, 11) is 0. The van der Waals surface area contributed by atoms with E-state index in [-0.39, 0.29) is 0 Å². The van der Waals surface area contributed by atoms with Gasteiger partial charge in [0.1, 0.15) is 0 Å². The minimum Gasteiger partial charge on any atom is -0.309 e. The smallest absolute Gasteiger partial charge is 0.161 e. The Hall–Kier alpha value is -6.17. The zero-order valence-corrected chi connectivity index (χ0v) is 26.5. The molecule has 0 aliphatic rings. The van der Waals surface area contributed by atoms with Crippen LogP contribution in [0, 0.1) is 0 Å². The van der Waals surface area contributed by atoms with Gasteiger partial charge in [-0.15, -0.1) is 11.3 Å². The van der Waals surface area contributed by atoms with Gasteiger partial charge in [0.05, 0.1) is 26.9 Å². The molecule has 10 aromatic rings. The standard InChI is InChI=1S/C43H26N4S/c1-3-11-27(12-4-1)29-19-20-39-34(23-29)31-15-8-10-18-38(31)47(39)30-24-35-32-21-22-44-26-40(32)48-42(35)36(25-30)43-45-37-17-9-7-16-33(37)41(46-43)28-13-5-2-6-14-28/h1-26H. The lowest BCUT2D eigenvalue weighted by Crippen LogP contribution is -1.98. The Bertz CT molecular complexity index is 2830. The Morgan fingerprint density at radius 3 is 2.08 bits per heavy atom. The third kappa shape index (κ3) is 4.18. The van der Waals surface area contributed by atoms with Crippen molar-refractivity contribution in [2.45, 2.75) is 0 Å². The average molecular weight is 631 g/mol. The predicted octanol–water partition coefficient (Wildman–Crippen LogP) is 11.5. The summed E-state index contributed by atoms with van der Waals surface area (Å²) in [4.78, 5) is 15.0. The molecule has 0 saturated heterocycles. The molecule has 6 aromatic carbocycles. The largest absolute Gasteiger partial charge is 0.309 e. The van der Waals surface area contributed by atoms with Crippen molar-refractivity contribution in [2.24, 2.45) is 0 Å². The average Bonchev–Trinajstić information content (AvgIpc) is 3.70. The van der Waals surface area contributed by atoms with Crippen molar-refractivity contribution in [3.05, 3.63) is 158 Å². The molecular weight excluding hydrogens is 605 g/mol. The first-order chi connectivity index (χ1) is 23.8. The number of benzene rings is 6. The lowest BCUT2D eigenvalue weighted by Gasteiger charge is -2.13. The second-order valence-electron chi connectivity index (χ2n) is 12.1. The van der Waals surface area contributed by atoms with Crippen molar-refractivity contribution in [1.29, 1.82) is 0 Å². The van der Waals surface area contributed by atoms with Gasteiger partial charge in [0.2, 0.25) is 0 Å². The van der Waals surface area contributed by atoms with E-state index in [9.17, 15) is 0 Å². The normalized spacial score (nSPS) is 11.8. The SMILES string of the molecule is c1ccc(-c2ccc3c(c2)c2ccccc2n3-c2cc(-c3nc(-c4ccccc4)c4ccccc4n3)c3sc4cnccc4c3c2)cc1. The number of hydrogen-bond donors (Lipinski definition) is 0. The van der Waals surface area contributed by atoms with Gasteiger partial charge in [-0.1, -0.05) is 103 Å². The molecule has 4 nitrogen and oxygen atoms in total. The van der Waals surface area contributed by atoms with Gasteiger partial charge >= 0.3 is 0 Å². The van der Waals surface area contributed by atoms with Crippen LogP contribution < -0.4 is 0 Å². The highest BCUT2D eigenvalue weighted by molar-refractivity contribution is 7.26. The highest BCUT2D eigenvalue weighted by Gasteiger charge is 2.20. The van der Waals surface area contributed by atoms with Gasteiger partial charge in [0, 0.05) is 60.8 Å². The number of fused-ring (bicyclic) bond motifs is 7. The highest BCUT2D eigenvalue weighted by Crippen LogP contribution is 2.43. The molecule has 0 spiro atoms. The lowest BCUT2D eigenvalue weighted by molar-refractivity contribution is 1.18. The zero-order valence-electron chi connectivity index (χ0n) is 25.7. The maximum atomic E-state index is 5.32. The van der Waals surface area contributed by atoms with Crippen LogP contribution in [0.1, 0.15) is 0 Å². The van der Waals surface area contributed by atoms with Gasteiger partial charge in [-0.3, -0.25) is 4.98 Å². The Labute approximate surface area is 280 Å². The van der Waals surface area contributed by atoms with Crippen LogP contribution in [0.2, 0.25) is 0 Å². The van der Waals surface area contributed by atoms with Crippen LogP contribution in [0.3, 0.4) is 0 Å². The molecule has 0 N–H and O–H groups in total. The van der Waals surface area contributed by atoms with Crippen LogP contribution in [-0.4, -0.2) is 19.5 Å². The lowest BCUT2D eigenvalue weighted by atomic mass is 10.0. The molecule has 0 saturated carbocycles. The molecule has 0 unspecified atom stereocenters. The van der Waals surface area contributed by atoms with Crippen molar-refractivity contribution >= 4 is 64.2 Å². The third-order valence-electron chi connectivity index (χ3n) is 9.29. The van der Waals surface area contributed by atoms with Gasteiger partial charge in [-0.2, -0.15) is 0 Å². The summed E-state index contributed by atoms with van der Waals surface area (Å²) in [6, 6.07) is 51.6. The molecule has 0 aliphatic carbocycles.